The molecule has 5 aliphatic carbocycles. The van der Waals surface area contributed by atoms with Crippen molar-refractivity contribution >= 4 is 11.5 Å². The Kier molecular flexibility index (Phi) is 14.1. The van der Waals surface area contributed by atoms with Crippen molar-refractivity contribution in [1.82, 2.24) is 10.2 Å². The number of hydrogen-bond acceptors (Lipinski definition) is 4. The molecule has 0 radical (unpaired) electrons. The van der Waals surface area contributed by atoms with E-state index in [-0.39, 0.29) is 11.4 Å². The summed E-state index contributed by atoms with van der Waals surface area (Å²) in [6.07, 6.45) is 20.8. The Balaban J connectivity index is 0.00000107. The van der Waals surface area contributed by atoms with E-state index in [1.165, 1.54) is 121 Å². The van der Waals surface area contributed by atoms with Crippen LogP contribution in [-0.2, 0) is 4.74 Å². The van der Waals surface area contributed by atoms with Gasteiger partial charge in [-0.1, -0.05) is 86.1 Å². The van der Waals surface area contributed by atoms with E-state index in [1.807, 2.05) is 32.9 Å². The maximum Gasteiger partial charge on any atom is 0.337 e. The highest BCUT2D eigenvalue weighted by Crippen LogP contribution is 2.72. The molecule has 0 amide bonds. The van der Waals surface area contributed by atoms with Gasteiger partial charge in [-0.15, -0.1) is 6.58 Å². The third-order valence-corrected chi connectivity index (χ3v) is 14.7. The van der Waals surface area contributed by atoms with Gasteiger partial charge in [0.25, 0.3) is 0 Å². The standard InChI is InChI=1S/C41H64N2O2.C3H6.C2H6/c1-8-26-43(27-9-2)28-25-42-41-21-10-11-34(41)31-16-17-36-39(5,33(31)19-24-41)23-20-35-38(3,4)32(18-22-40(35,36)6)29-12-14-30(15-13-29)37(44)45-7;1-3-2;1-2/h12-15,18,31,33-36,42H,8-11,16-17,19-28H2,1-7H3;3H,1H2,2H3;1-2H3/t31?,33?,34-,35?,36?,39?,40?,41?;;/m1../s1. The van der Waals surface area contributed by atoms with Crippen molar-refractivity contribution in [1.29, 1.82) is 0 Å². The normalized spacial score (nSPS) is 35.0. The summed E-state index contributed by atoms with van der Waals surface area (Å²) >= 11 is 0. The minimum atomic E-state index is -0.257. The predicted octanol–water partition coefficient (Wildman–Crippen LogP) is 11.6. The van der Waals surface area contributed by atoms with Crippen molar-refractivity contribution in [3.8, 4) is 0 Å². The van der Waals surface area contributed by atoms with E-state index < -0.39 is 0 Å². The number of benzene rings is 1. The van der Waals surface area contributed by atoms with Gasteiger partial charge in [-0.3, -0.25) is 0 Å². The maximum absolute atomic E-state index is 12.1. The summed E-state index contributed by atoms with van der Waals surface area (Å²) in [5.41, 5.74) is 4.72. The van der Waals surface area contributed by atoms with E-state index >= 15 is 0 Å². The van der Waals surface area contributed by atoms with Gasteiger partial charge in [-0.2, -0.15) is 0 Å². The smallest absolute Gasteiger partial charge is 0.337 e. The summed E-state index contributed by atoms with van der Waals surface area (Å²) < 4.78 is 4.96. The molecule has 0 spiro atoms. The molecule has 4 fully saturated rings. The number of fused-ring (bicyclic) bond motifs is 7. The van der Waals surface area contributed by atoms with Crippen LogP contribution in [0, 0.1) is 45.8 Å². The van der Waals surface area contributed by atoms with Gasteiger partial charge < -0.3 is 15.0 Å². The van der Waals surface area contributed by atoms with Gasteiger partial charge in [0.1, 0.15) is 0 Å². The zero-order chi connectivity index (χ0) is 36.7. The molecule has 1 aromatic rings. The zero-order valence-electron chi connectivity index (χ0n) is 34.1. The van der Waals surface area contributed by atoms with E-state index in [4.69, 9.17) is 4.74 Å². The van der Waals surface area contributed by atoms with Crippen LogP contribution in [0.1, 0.15) is 155 Å². The highest BCUT2D eigenvalue weighted by molar-refractivity contribution is 5.89. The van der Waals surface area contributed by atoms with Crippen LogP contribution < -0.4 is 5.32 Å². The number of carbonyl (C=O) groups excluding carboxylic acids is 1. The van der Waals surface area contributed by atoms with E-state index in [1.54, 1.807) is 6.08 Å². The number of methoxy groups -OCH3 is 1. The number of carbonyl (C=O) groups is 1. The topological polar surface area (TPSA) is 41.6 Å². The van der Waals surface area contributed by atoms with Crippen LogP contribution in [0.15, 0.2) is 43.0 Å². The zero-order valence-corrected chi connectivity index (χ0v) is 34.1. The number of ether oxygens (including phenoxy) is 1. The van der Waals surface area contributed by atoms with E-state index in [0.29, 0.717) is 27.9 Å². The molecule has 5 aliphatic rings. The molecule has 0 saturated heterocycles. The minimum Gasteiger partial charge on any atom is -0.465 e. The van der Waals surface area contributed by atoms with Crippen LogP contribution in [0.5, 0.6) is 0 Å². The molecule has 0 heterocycles. The third kappa shape index (κ3) is 7.59. The summed E-state index contributed by atoms with van der Waals surface area (Å²) in [6, 6.07) is 8.18. The van der Waals surface area contributed by atoms with E-state index in [0.717, 1.165) is 23.7 Å². The molecule has 1 aromatic carbocycles. The van der Waals surface area contributed by atoms with Gasteiger partial charge in [-0.25, -0.2) is 4.79 Å². The van der Waals surface area contributed by atoms with Crippen molar-refractivity contribution in [3.63, 3.8) is 0 Å². The monoisotopic (exact) mass is 689 g/mol. The van der Waals surface area contributed by atoms with Gasteiger partial charge in [0.15, 0.2) is 0 Å². The summed E-state index contributed by atoms with van der Waals surface area (Å²) in [4.78, 5) is 14.8. The van der Waals surface area contributed by atoms with Crippen LogP contribution in [0.25, 0.3) is 5.57 Å². The lowest BCUT2D eigenvalue weighted by molar-refractivity contribution is -0.172. The molecule has 7 unspecified atom stereocenters. The Morgan fingerprint density at radius 3 is 2.16 bits per heavy atom. The van der Waals surface area contributed by atoms with Crippen molar-refractivity contribution in [2.24, 2.45) is 45.8 Å². The Morgan fingerprint density at radius 2 is 1.54 bits per heavy atom. The highest BCUT2D eigenvalue weighted by Gasteiger charge is 2.65. The number of rotatable bonds is 10. The van der Waals surface area contributed by atoms with Crippen LogP contribution in [0.2, 0.25) is 0 Å². The Labute approximate surface area is 308 Å². The molecule has 4 nitrogen and oxygen atoms in total. The molecule has 8 atom stereocenters. The second-order valence-electron chi connectivity index (χ2n) is 17.5. The lowest BCUT2D eigenvalue weighted by atomic mass is 9.37. The van der Waals surface area contributed by atoms with Crippen molar-refractivity contribution in [2.45, 2.75) is 145 Å². The second-order valence-corrected chi connectivity index (χ2v) is 17.5. The number of esters is 1. The first kappa shape index (κ1) is 40.9. The maximum atomic E-state index is 12.1. The Morgan fingerprint density at radius 1 is 0.880 bits per heavy atom. The fourth-order valence-corrected chi connectivity index (χ4v) is 13.0. The molecular formula is C46H76N2O2. The summed E-state index contributed by atoms with van der Waals surface area (Å²) in [5, 5.41) is 4.28. The highest BCUT2D eigenvalue weighted by atomic mass is 16.5. The van der Waals surface area contributed by atoms with E-state index in [9.17, 15) is 4.79 Å². The summed E-state index contributed by atoms with van der Waals surface area (Å²) in [6.45, 7) is 29.3. The van der Waals surface area contributed by atoms with Gasteiger partial charge in [-0.05, 0) is 160 Å². The van der Waals surface area contributed by atoms with Crippen molar-refractivity contribution in [2.75, 3.05) is 33.3 Å². The van der Waals surface area contributed by atoms with Gasteiger partial charge >= 0.3 is 5.97 Å². The first-order chi connectivity index (χ1) is 24.0. The van der Waals surface area contributed by atoms with Gasteiger partial charge in [0.05, 0.1) is 12.7 Å². The number of allylic oxidation sites excluding steroid dienone is 3. The Bertz CT molecular complexity index is 1280. The molecule has 6 rings (SSSR count). The molecule has 4 saturated carbocycles. The largest absolute Gasteiger partial charge is 0.465 e. The molecule has 0 bridgehead atoms. The fourth-order valence-electron chi connectivity index (χ4n) is 13.0. The van der Waals surface area contributed by atoms with Gasteiger partial charge in [0.2, 0.25) is 0 Å². The molecular weight excluding hydrogens is 613 g/mol. The lowest BCUT2D eigenvalue weighted by Crippen LogP contribution is -2.63. The predicted molar refractivity (Wildman–Crippen MR) is 214 cm³/mol. The first-order valence-corrected chi connectivity index (χ1v) is 20.9. The van der Waals surface area contributed by atoms with Crippen LogP contribution in [0.3, 0.4) is 0 Å². The van der Waals surface area contributed by atoms with E-state index in [2.05, 4.69) is 76.5 Å². The van der Waals surface area contributed by atoms with Gasteiger partial charge in [0, 0.05) is 18.6 Å². The molecule has 0 aromatic heterocycles. The molecule has 0 aliphatic heterocycles. The second kappa shape index (κ2) is 17.3. The SMILES string of the molecule is C=CC.CC.CCCN(CCC)CCNC12CCC[C@@H]1C1CCC3C(C)(CCC4C(C)(C)C(c5ccc(C(=O)OC)cc5)=CCC43C)C1CC2. The molecule has 4 heteroatoms. The van der Waals surface area contributed by atoms with Crippen molar-refractivity contribution < 1.29 is 9.53 Å². The quantitative estimate of drug-likeness (QED) is 0.196. The minimum absolute atomic E-state index is 0.110. The number of nitrogens with one attached hydrogen (secondary N) is 1. The summed E-state index contributed by atoms with van der Waals surface area (Å²) in [7, 11) is 1.46. The Hall–Kier alpha value is -1.91. The molecule has 50 heavy (non-hydrogen) atoms. The average molecular weight is 689 g/mol. The fraction of sp³-hybridized carbons (Fsp3) is 0.761. The summed E-state index contributed by atoms with van der Waals surface area (Å²) in [5.74, 6) is 3.92. The number of hydrogen-bond donors (Lipinski definition) is 1. The lowest BCUT2D eigenvalue weighted by Gasteiger charge is -2.68. The van der Waals surface area contributed by atoms with Crippen LogP contribution in [-0.4, -0.2) is 49.7 Å². The first-order valence-electron chi connectivity index (χ1n) is 20.9. The average Bonchev–Trinajstić information content (AvgIpc) is 3.54. The molecule has 1 N–H and O–H groups in total. The van der Waals surface area contributed by atoms with Crippen LogP contribution >= 0.6 is 0 Å². The number of nitrogens with zero attached hydrogens (tertiary/aromatic N) is 1. The van der Waals surface area contributed by atoms with Crippen LogP contribution in [0.4, 0.5) is 0 Å². The van der Waals surface area contributed by atoms with Crippen molar-refractivity contribution in [3.05, 3.63) is 54.1 Å². The molecule has 282 valence electrons. The third-order valence-electron chi connectivity index (χ3n) is 14.7.